The molecule has 0 radical (unpaired) electrons. The van der Waals surface area contributed by atoms with Crippen LogP contribution in [-0.2, 0) is 16.2 Å². The Morgan fingerprint density at radius 1 is 1.19 bits per heavy atom. The number of benzene rings is 2. The number of halogens is 4. The van der Waals surface area contributed by atoms with Crippen LogP contribution in [-0.4, -0.2) is 24.0 Å². The van der Waals surface area contributed by atoms with Crippen molar-refractivity contribution in [2.75, 3.05) is 5.43 Å². The highest BCUT2D eigenvalue weighted by Crippen LogP contribution is 2.31. The monoisotopic (exact) mass is 418 g/mol. The summed E-state index contributed by atoms with van der Waals surface area (Å²) in [6.07, 6.45) is -3.39. The number of hydrogen-bond donors (Lipinski definition) is 2. The number of hydrogen-bond acceptors (Lipinski definition) is 4. The van der Waals surface area contributed by atoms with Gasteiger partial charge in [0, 0.05) is 5.56 Å². The Labute approximate surface area is 155 Å². The van der Waals surface area contributed by atoms with Crippen molar-refractivity contribution in [2.24, 2.45) is 5.14 Å². The summed E-state index contributed by atoms with van der Waals surface area (Å²) in [7, 11) is -4.14. The first kappa shape index (κ1) is 19.1. The summed E-state index contributed by atoms with van der Waals surface area (Å²) in [6, 6.07) is 6.31. The van der Waals surface area contributed by atoms with E-state index in [9.17, 15) is 26.4 Å². The first-order valence-electron chi connectivity index (χ1n) is 7.15. The quantitative estimate of drug-likeness (QED) is 0.681. The Kier molecular flexibility index (Phi) is 4.62. The average molecular weight is 419 g/mol. The Hall–Kier alpha value is -2.63. The third kappa shape index (κ3) is 3.89. The molecule has 0 spiro atoms. The molecule has 0 atom stereocenters. The Morgan fingerprint density at radius 2 is 1.89 bits per heavy atom. The zero-order valence-corrected chi connectivity index (χ0v) is 14.7. The fraction of sp³-hybridized carbons (Fsp3) is 0.0667. The van der Waals surface area contributed by atoms with E-state index in [0.717, 1.165) is 35.3 Å². The van der Waals surface area contributed by atoms with Crippen LogP contribution in [0.1, 0.15) is 15.9 Å². The second-order valence-corrected chi connectivity index (χ2v) is 7.38. The van der Waals surface area contributed by atoms with Crippen molar-refractivity contribution in [1.29, 1.82) is 0 Å². The molecule has 7 nitrogen and oxygen atoms in total. The van der Waals surface area contributed by atoms with E-state index in [0.29, 0.717) is 0 Å². The summed E-state index contributed by atoms with van der Waals surface area (Å²) < 4.78 is 62.3. The molecule has 3 rings (SSSR count). The number of nitrogens with one attached hydrogen (secondary N) is 1. The van der Waals surface area contributed by atoms with Gasteiger partial charge in [0.1, 0.15) is 11.2 Å². The minimum Gasteiger partial charge on any atom is -0.267 e. The van der Waals surface area contributed by atoms with Crippen LogP contribution in [0.15, 0.2) is 47.6 Å². The molecule has 1 heterocycles. The van der Waals surface area contributed by atoms with E-state index in [1.165, 1.54) is 12.1 Å². The number of aromatic nitrogens is 2. The molecule has 0 fully saturated rings. The molecule has 12 heteroatoms. The zero-order valence-electron chi connectivity index (χ0n) is 13.2. The van der Waals surface area contributed by atoms with Crippen LogP contribution < -0.4 is 10.6 Å². The van der Waals surface area contributed by atoms with Crippen molar-refractivity contribution in [1.82, 2.24) is 9.66 Å². The van der Waals surface area contributed by atoms with Crippen molar-refractivity contribution in [2.45, 2.75) is 11.1 Å². The molecule has 0 unspecified atom stereocenters. The molecule has 1 amide bonds. The molecule has 0 aliphatic rings. The standard InChI is InChI=1S/C15H10ClF3N4O3S/c16-10-3-1-8(5-13(10)27(20,25)26)14(24)22-23-7-21-11-6-9(15(17,18)19)2-4-12(11)23/h1-7H,(H,22,24)(H2,20,25,26). The van der Waals surface area contributed by atoms with Gasteiger partial charge in [-0.05, 0) is 36.4 Å². The fourth-order valence-corrected chi connectivity index (χ4v) is 3.39. The number of sulfonamides is 1. The second kappa shape index (κ2) is 6.51. The molecule has 27 heavy (non-hydrogen) atoms. The molecule has 0 aliphatic carbocycles. The number of alkyl halides is 3. The average Bonchev–Trinajstić information content (AvgIpc) is 2.95. The van der Waals surface area contributed by atoms with Crippen molar-refractivity contribution in [3.8, 4) is 0 Å². The summed E-state index contributed by atoms with van der Waals surface area (Å²) in [5.74, 6) is -0.740. The van der Waals surface area contributed by atoms with Gasteiger partial charge < -0.3 is 0 Å². The van der Waals surface area contributed by atoms with Crippen molar-refractivity contribution < 1.29 is 26.4 Å². The Morgan fingerprint density at radius 3 is 2.52 bits per heavy atom. The van der Waals surface area contributed by atoms with Crippen LogP contribution in [0, 0.1) is 0 Å². The van der Waals surface area contributed by atoms with E-state index in [-0.39, 0.29) is 21.6 Å². The van der Waals surface area contributed by atoms with Crippen molar-refractivity contribution in [3.63, 3.8) is 0 Å². The maximum atomic E-state index is 12.7. The summed E-state index contributed by atoms with van der Waals surface area (Å²) in [4.78, 5) is 15.7. The number of rotatable bonds is 3. The number of primary sulfonamides is 1. The van der Waals surface area contributed by atoms with Gasteiger partial charge in [-0.2, -0.15) is 13.2 Å². The van der Waals surface area contributed by atoms with Gasteiger partial charge >= 0.3 is 6.18 Å². The minimum atomic E-state index is -4.52. The third-order valence-electron chi connectivity index (χ3n) is 3.60. The second-order valence-electron chi connectivity index (χ2n) is 5.45. The van der Waals surface area contributed by atoms with Gasteiger partial charge in [0.2, 0.25) is 10.0 Å². The first-order chi connectivity index (χ1) is 12.5. The van der Waals surface area contributed by atoms with E-state index in [2.05, 4.69) is 10.4 Å². The van der Waals surface area contributed by atoms with Gasteiger partial charge in [0.05, 0.1) is 21.6 Å². The highest BCUT2D eigenvalue weighted by atomic mass is 35.5. The molecule has 2 aromatic carbocycles. The van der Waals surface area contributed by atoms with E-state index in [1.807, 2.05) is 0 Å². The maximum absolute atomic E-state index is 12.7. The van der Waals surface area contributed by atoms with Gasteiger partial charge in [0.15, 0.2) is 0 Å². The fourth-order valence-electron chi connectivity index (χ4n) is 2.31. The number of nitrogens with two attached hydrogens (primary N) is 1. The lowest BCUT2D eigenvalue weighted by Crippen LogP contribution is -2.23. The molecule has 3 aromatic rings. The molecule has 0 saturated carbocycles. The summed E-state index contributed by atoms with van der Waals surface area (Å²) in [5.41, 5.74) is 1.69. The normalized spacial score (nSPS) is 12.3. The first-order valence-corrected chi connectivity index (χ1v) is 9.07. The van der Waals surface area contributed by atoms with Crippen LogP contribution in [0.3, 0.4) is 0 Å². The molecule has 0 saturated heterocycles. The van der Waals surface area contributed by atoms with Crippen LogP contribution >= 0.6 is 11.6 Å². The molecular weight excluding hydrogens is 409 g/mol. The minimum absolute atomic E-state index is 0.0199. The van der Waals surface area contributed by atoms with E-state index < -0.39 is 32.6 Å². The molecule has 0 aliphatic heterocycles. The van der Waals surface area contributed by atoms with Gasteiger partial charge in [-0.25, -0.2) is 23.2 Å². The van der Waals surface area contributed by atoms with Gasteiger partial charge in [-0.15, -0.1) is 0 Å². The van der Waals surface area contributed by atoms with E-state index in [4.69, 9.17) is 16.7 Å². The predicted molar refractivity (Wildman–Crippen MR) is 91.3 cm³/mol. The van der Waals surface area contributed by atoms with Gasteiger partial charge in [-0.3, -0.25) is 10.2 Å². The molecule has 142 valence electrons. The number of carbonyl (C=O) groups is 1. The lowest BCUT2D eigenvalue weighted by Gasteiger charge is -2.10. The Balaban J connectivity index is 1.93. The molecule has 0 bridgehead atoms. The number of amides is 1. The lowest BCUT2D eigenvalue weighted by molar-refractivity contribution is -0.137. The lowest BCUT2D eigenvalue weighted by atomic mass is 10.2. The van der Waals surface area contributed by atoms with Crippen LogP contribution in [0.5, 0.6) is 0 Å². The molecule has 3 N–H and O–H groups in total. The number of fused-ring (bicyclic) bond motifs is 1. The van der Waals surface area contributed by atoms with Gasteiger partial charge in [-0.1, -0.05) is 11.6 Å². The van der Waals surface area contributed by atoms with Gasteiger partial charge in [0.25, 0.3) is 5.91 Å². The third-order valence-corrected chi connectivity index (χ3v) is 4.99. The van der Waals surface area contributed by atoms with Crippen LogP contribution in [0.25, 0.3) is 11.0 Å². The van der Waals surface area contributed by atoms with Crippen molar-refractivity contribution in [3.05, 3.63) is 58.9 Å². The topological polar surface area (TPSA) is 107 Å². The highest BCUT2D eigenvalue weighted by Gasteiger charge is 2.30. The SMILES string of the molecule is NS(=O)(=O)c1cc(C(=O)Nn2cnc3cc(C(F)(F)F)ccc32)ccc1Cl. The maximum Gasteiger partial charge on any atom is 0.416 e. The molecule has 1 aromatic heterocycles. The highest BCUT2D eigenvalue weighted by molar-refractivity contribution is 7.89. The van der Waals surface area contributed by atoms with Crippen LogP contribution in [0.4, 0.5) is 13.2 Å². The number of imidazole rings is 1. The summed E-state index contributed by atoms with van der Waals surface area (Å²) in [5, 5.41) is 4.88. The van der Waals surface area contributed by atoms with Crippen molar-refractivity contribution >= 4 is 38.6 Å². The smallest absolute Gasteiger partial charge is 0.267 e. The largest absolute Gasteiger partial charge is 0.416 e. The van der Waals surface area contributed by atoms with E-state index in [1.54, 1.807) is 0 Å². The molecular formula is C15H10ClF3N4O3S. The summed E-state index contributed by atoms with van der Waals surface area (Å²) >= 11 is 5.76. The zero-order chi connectivity index (χ0) is 20.0. The number of carbonyl (C=O) groups excluding carboxylic acids is 1. The van der Waals surface area contributed by atoms with E-state index >= 15 is 0 Å². The Bertz CT molecular complexity index is 1160. The number of nitrogens with zero attached hydrogens (tertiary/aromatic N) is 2. The van der Waals surface area contributed by atoms with Crippen LogP contribution in [0.2, 0.25) is 5.02 Å². The summed E-state index contributed by atoms with van der Waals surface area (Å²) in [6.45, 7) is 0. The predicted octanol–water partition coefficient (Wildman–Crippen LogP) is 2.74.